The first-order valence-electron chi connectivity index (χ1n) is 6.20. The number of nitrogens with two attached hydrogens (primary N) is 1. The van der Waals surface area contributed by atoms with Gasteiger partial charge in [-0.25, -0.2) is 0 Å². The number of hydrogen-bond donors (Lipinski definition) is 3. The maximum Gasteiger partial charge on any atom is 0.119 e. The molecule has 0 aliphatic carbocycles. The van der Waals surface area contributed by atoms with E-state index in [1.165, 1.54) is 0 Å². The molecule has 0 bridgehead atoms. The summed E-state index contributed by atoms with van der Waals surface area (Å²) >= 11 is 0. The van der Waals surface area contributed by atoms with Crippen molar-refractivity contribution in [2.75, 3.05) is 32.0 Å². The van der Waals surface area contributed by atoms with Crippen molar-refractivity contribution in [2.45, 2.75) is 18.6 Å². The molecule has 2 rings (SSSR count). The molecule has 0 spiro atoms. The van der Waals surface area contributed by atoms with Crippen LogP contribution < -0.4 is 10.5 Å². The van der Waals surface area contributed by atoms with E-state index in [0.717, 1.165) is 13.0 Å². The lowest BCUT2D eigenvalue weighted by Crippen LogP contribution is -2.34. The Hall–Kier alpha value is -1.30. The van der Waals surface area contributed by atoms with Gasteiger partial charge in [0.25, 0.3) is 0 Å². The monoisotopic (exact) mass is 252 g/mol. The van der Waals surface area contributed by atoms with Crippen molar-refractivity contribution >= 4 is 5.69 Å². The molecule has 1 saturated heterocycles. The molecule has 5 nitrogen and oxygen atoms in total. The molecule has 1 heterocycles. The molecular formula is C13H20N2O3. The highest BCUT2D eigenvalue weighted by atomic mass is 16.5. The maximum absolute atomic E-state index is 9.84. The second kappa shape index (κ2) is 6.04. The van der Waals surface area contributed by atoms with Crippen LogP contribution in [0.5, 0.6) is 5.75 Å². The van der Waals surface area contributed by atoms with Gasteiger partial charge < -0.3 is 20.7 Å². The van der Waals surface area contributed by atoms with Crippen LogP contribution in [0.1, 0.15) is 6.42 Å². The van der Waals surface area contributed by atoms with Gasteiger partial charge in [-0.05, 0) is 30.7 Å². The number of aliphatic hydroxyl groups is 2. The van der Waals surface area contributed by atoms with Crippen LogP contribution in [-0.4, -0.2) is 53.6 Å². The lowest BCUT2D eigenvalue weighted by Gasteiger charge is -2.19. The first kappa shape index (κ1) is 13.1. The number of β-amino-alcohol motifs (C(OH)–C–C–N with tert-alkyl or cyclic N) is 2. The molecule has 0 amide bonds. The predicted molar refractivity (Wildman–Crippen MR) is 69.4 cm³/mol. The lowest BCUT2D eigenvalue weighted by molar-refractivity contribution is 0.0707. The van der Waals surface area contributed by atoms with Crippen LogP contribution in [-0.2, 0) is 0 Å². The number of ether oxygens (including phenoxy) is 1. The zero-order chi connectivity index (χ0) is 13.0. The van der Waals surface area contributed by atoms with Gasteiger partial charge in [0, 0.05) is 25.3 Å². The van der Waals surface area contributed by atoms with Crippen molar-refractivity contribution < 1.29 is 14.9 Å². The predicted octanol–water partition coefficient (Wildman–Crippen LogP) is 0.0751. The molecule has 5 heteroatoms. The van der Waals surface area contributed by atoms with Gasteiger partial charge in [0.1, 0.15) is 18.5 Å². The number of aliphatic hydroxyl groups excluding tert-OH is 2. The fourth-order valence-electron chi connectivity index (χ4n) is 2.09. The minimum Gasteiger partial charge on any atom is -0.491 e. The number of nitrogen functional groups attached to an aromatic ring is 1. The van der Waals surface area contributed by atoms with E-state index in [9.17, 15) is 10.2 Å². The van der Waals surface area contributed by atoms with E-state index in [2.05, 4.69) is 0 Å². The van der Waals surface area contributed by atoms with E-state index in [0.29, 0.717) is 24.5 Å². The topological polar surface area (TPSA) is 79.0 Å². The van der Waals surface area contributed by atoms with Gasteiger partial charge in [0.05, 0.1) is 6.10 Å². The van der Waals surface area contributed by atoms with Crippen LogP contribution in [0, 0.1) is 0 Å². The SMILES string of the molecule is Nc1ccc(OCC(O)CN2CCC(O)C2)cc1. The summed E-state index contributed by atoms with van der Waals surface area (Å²) in [6.45, 7) is 2.25. The maximum atomic E-state index is 9.84. The van der Waals surface area contributed by atoms with Crippen LogP contribution in [0.2, 0.25) is 0 Å². The Kier molecular flexibility index (Phi) is 4.41. The molecule has 1 aromatic rings. The second-order valence-electron chi connectivity index (χ2n) is 4.74. The summed E-state index contributed by atoms with van der Waals surface area (Å²) in [6.07, 6.45) is -0.0194. The summed E-state index contributed by atoms with van der Waals surface area (Å²) in [4.78, 5) is 2.04. The molecule has 0 saturated carbocycles. The summed E-state index contributed by atoms with van der Waals surface area (Å²) in [5.74, 6) is 0.699. The fraction of sp³-hybridized carbons (Fsp3) is 0.538. The van der Waals surface area contributed by atoms with Crippen LogP contribution in [0.4, 0.5) is 5.69 Å². The van der Waals surface area contributed by atoms with E-state index in [1.807, 2.05) is 4.90 Å². The zero-order valence-corrected chi connectivity index (χ0v) is 10.3. The van der Waals surface area contributed by atoms with Crippen LogP contribution in [0.3, 0.4) is 0 Å². The summed E-state index contributed by atoms with van der Waals surface area (Å²) in [6, 6.07) is 7.08. The molecule has 2 unspecified atom stereocenters. The Labute approximate surface area is 107 Å². The Balaban J connectivity index is 1.71. The Morgan fingerprint density at radius 3 is 2.72 bits per heavy atom. The summed E-state index contributed by atoms with van der Waals surface area (Å²) in [5.41, 5.74) is 6.26. The van der Waals surface area contributed by atoms with E-state index < -0.39 is 6.10 Å². The standard InChI is InChI=1S/C13H20N2O3/c14-10-1-3-13(4-2-10)18-9-12(17)8-15-6-5-11(16)7-15/h1-4,11-12,16-17H,5-9,14H2. The van der Waals surface area contributed by atoms with E-state index in [1.54, 1.807) is 24.3 Å². The number of hydrogen-bond acceptors (Lipinski definition) is 5. The highest BCUT2D eigenvalue weighted by Crippen LogP contribution is 2.14. The lowest BCUT2D eigenvalue weighted by atomic mass is 10.3. The van der Waals surface area contributed by atoms with Crippen LogP contribution >= 0.6 is 0 Å². The Morgan fingerprint density at radius 2 is 2.11 bits per heavy atom. The number of likely N-dealkylation sites (tertiary alicyclic amines) is 1. The minimum atomic E-state index is -0.548. The third-order valence-corrected chi connectivity index (χ3v) is 3.04. The van der Waals surface area contributed by atoms with Crippen LogP contribution in [0.25, 0.3) is 0 Å². The normalized spacial score (nSPS) is 22.0. The molecule has 2 atom stereocenters. The summed E-state index contributed by atoms with van der Waals surface area (Å²) < 4.78 is 5.47. The minimum absolute atomic E-state index is 0.247. The van der Waals surface area contributed by atoms with Gasteiger partial charge in [-0.1, -0.05) is 0 Å². The largest absolute Gasteiger partial charge is 0.491 e. The number of nitrogens with zero attached hydrogens (tertiary/aromatic N) is 1. The quantitative estimate of drug-likeness (QED) is 0.647. The number of benzene rings is 1. The molecule has 0 aromatic heterocycles. The number of anilines is 1. The van der Waals surface area contributed by atoms with Gasteiger partial charge in [0.2, 0.25) is 0 Å². The zero-order valence-electron chi connectivity index (χ0n) is 10.3. The molecule has 4 N–H and O–H groups in total. The average Bonchev–Trinajstić information content (AvgIpc) is 2.74. The van der Waals surface area contributed by atoms with Crippen molar-refractivity contribution in [3.8, 4) is 5.75 Å². The molecule has 1 aromatic carbocycles. The fourth-order valence-corrected chi connectivity index (χ4v) is 2.09. The van der Waals surface area contributed by atoms with Crippen molar-refractivity contribution in [1.82, 2.24) is 4.90 Å². The molecule has 1 aliphatic heterocycles. The van der Waals surface area contributed by atoms with Gasteiger partial charge in [0.15, 0.2) is 0 Å². The third-order valence-electron chi connectivity index (χ3n) is 3.04. The molecule has 18 heavy (non-hydrogen) atoms. The van der Waals surface area contributed by atoms with Crippen molar-refractivity contribution in [3.63, 3.8) is 0 Å². The van der Waals surface area contributed by atoms with Gasteiger partial charge in [-0.3, -0.25) is 4.90 Å². The van der Waals surface area contributed by atoms with Gasteiger partial charge >= 0.3 is 0 Å². The number of rotatable bonds is 5. The smallest absolute Gasteiger partial charge is 0.119 e. The van der Waals surface area contributed by atoms with Gasteiger partial charge in [-0.2, -0.15) is 0 Å². The highest BCUT2D eigenvalue weighted by molar-refractivity contribution is 5.41. The summed E-state index contributed by atoms with van der Waals surface area (Å²) in [5, 5.41) is 19.2. The Morgan fingerprint density at radius 1 is 1.39 bits per heavy atom. The van der Waals surface area contributed by atoms with Crippen molar-refractivity contribution in [2.24, 2.45) is 0 Å². The van der Waals surface area contributed by atoms with E-state index >= 15 is 0 Å². The Bertz CT molecular complexity index is 369. The highest BCUT2D eigenvalue weighted by Gasteiger charge is 2.22. The molecule has 1 fully saturated rings. The molecular weight excluding hydrogens is 232 g/mol. The van der Waals surface area contributed by atoms with Crippen molar-refractivity contribution in [3.05, 3.63) is 24.3 Å². The summed E-state index contributed by atoms with van der Waals surface area (Å²) in [7, 11) is 0. The van der Waals surface area contributed by atoms with Crippen LogP contribution in [0.15, 0.2) is 24.3 Å². The van der Waals surface area contributed by atoms with Gasteiger partial charge in [-0.15, -0.1) is 0 Å². The first-order valence-corrected chi connectivity index (χ1v) is 6.20. The molecule has 0 radical (unpaired) electrons. The first-order chi connectivity index (χ1) is 8.63. The molecule has 100 valence electrons. The molecule has 1 aliphatic rings. The second-order valence-corrected chi connectivity index (χ2v) is 4.74. The van der Waals surface area contributed by atoms with E-state index in [-0.39, 0.29) is 12.7 Å². The average molecular weight is 252 g/mol. The third kappa shape index (κ3) is 3.87. The van der Waals surface area contributed by atoms with E-state index in [4.69, 9.17) is 10.5 Å². The van der Waals surface area contributed by atoms with Crippen molar-refractivity contribution in [1.29, 1.82) is 0 Å².